The largest absolute Gasteiger partial charge is 0.363 e. The first-order valence-corrected chi connectivity index (χ1v) is 4.42. The van der Waals surface area contributed by atoms with Crippen molar-refractivity contribution in [2.45, 2.75) is 39.2 Å². The van der Waals surface area contributed by atoms with Gasteiger partial charge in [-0.25, -0.2) is 0 Å². The molecule has 0 spiro atoms. The normalized spacial score (nSPS) is 39.4. The molecule has 1 saturated carbocycles. The Kier molecular flexibility index (Phi) is 2.18. The van der Waals surface area contributed by atoms with Crippen LogP contribution in [0.15, 0.2) is 0 Å². The Labute approximate surface area is 74.5 Å². The fourth-order valence-electron chi connectivity index (χ4n) is 2.42. The van der Waals surface area contributed by atoms with Crippen molar-refractivity contribution >= 4 is 0 Å². The van der Waals surface area contributed by atoms with Gasteiger partial charge in [0, 0.05) is 7.11 Å². The molecule has 0 heterocycles. The smallest absolute Gasteiger partial charge is 0.156 e. The van der Waals surface area contributed by atoms with Gasteiger partial charge in [-0.3, -0.25) is 0 Å². The van der Waals surface area contributed by atoms with E-state index >= 15 is 0 Å². The van der Waals surface area contributed by atoms with Crippen molar-refractivity contribution in [1.29, 1.82) is 5.26 Å². The van der Waals surface area contributed by atoms with Gasteiger partial charge in [0.2, 0.25) is 0 Å². The van der Waals surface area contributed by atoms with Crippen molar-refractivity contribution in [2.24, 2.45) is 11.3 Å². The standard InChI is InChI=1S/C10H17NO/c1-8-5-9(2,3)6-10(8,7-11)12-4/h8H,5-6H2,1-4H3. The van der Waals surface area contributed by atoms with Crippen LogP contribution in [0.2, 0.25) is 0 Å². The van der Waals surface area contributed by atoms with Gasteiger partial charge in [-0.15, -0.1) is 0 Å². The highest BCUT2D eigenvalue weighted by Crippen LogP contribution is 2.48. The number of rotatable bonds is 1. The van der Waals surface area contributed by atoms with Gasteiger partial charge >= 0.3 is 0 Å². The summed E-state index contributed by atoms with van der Waals surface area (Å²) >= 11 is 0. The van der Waals surface area contributed by atoms with Crippen molar-refractivity contribution in [3.8, 4) is 6.07 Å². The van der Waals surface area contributed by atoms with Crippen LogP contribution in [-0.4, -0.2) is 12.7 Å². The molecular weight excluding hydrogens is 150 g/mol. The molecule has 0 radical (unpaired) electrons. The summed E-state index contributed by atoms with van der Waals surface area (Å²) in [5.74, 6) is 0.350. The first kappa shape index (κ1) is 9.54. The molecule has 0 aromatic carbocycles. The highest BCUT2D eigenvalue weighted by atomic mass is 16.5. The summed E-state index contributed by atoms with van der Waals surface area (Å²) in [5.41, 5.74) is -0.269. The lowest BCUT2D eigenvalue weighted by molar-refractivity contribution is 0.00877. The van der Waals surface area contributed by atoms with Crippen molar-refractivity contribution in [1.82, 2.24) is 0 Å². The third kappa shape index (κ3) is 1.34. The van der Waals surface area contributed by atoms with E-state index in [0.29, 0.717) is 5.92 Å². The number of nitriles is 1. The molecule has 2 unspecified atom stereocenters. The minimum Gasteiger partial charge on any atom is -0.363 e. The molecular formula is C10H17NO. The van der Waals surface area contributed by atoms with Gasteiger partial charge in [-0.05, 0) is 24.2 Å². The van der Waals surface area contributed by atoms with Crippen LogP contribution in [0.4, 0.5) is 0 Å². The van der Waals surface area contributed by atoms with E-state index in [1.807, 2.05) is 0 Å². The van der Waals surface area contributed by atoms with Crippen LogP contribution in [-0.2, 0) is 4.74 Å². The maximum atomic E-state index is 9.04. The summed E-state index contributed by atoms with van der Waals surface area (Å²) in [6.07, 6.45) is 1.93. The number of hydrogen-bond acceptors (Lipinski definition) is 2. The molecule has 1 aliphatic carbocycles. The van der Waals surface area contributed by atoms with E-state index in [1.54, 1.807) is 7.11 Å². The lowest BCUT2D eigenvalue weighted by Crippen LogP contribution is -2.32. The van der Waals surface area contributed by atoms with Crippen molar-refractivity contribution in [3.05, 3.63) is 0 Å². The SMILES string of the molecule is COC1(C#N)CC(C)(C)CC1C. The Morgan fingerprint density at radius 3 is 2.25 bits per heavy atom. The lowest BCUT2D eigenvalue weighted by Gasteiger charge is -2.24. The quantitative estimate of drug-likeness (QED) is 0.600. The fraction of sp³-hybridized carbons (Fsp3) is 0.900. The molecule has 0 aliphatic heterocycles. The molecule has 68 valence electrons. The average molecular weight is 167 g/mol. The minimum atomic E-state index is -0.524. The Morgan fingerprint density at radius 2 is 2.08 bits per heavy atom. The summed E-state index contributed by atoms with van der Waals surface area (Å²) < 4.78 is 5.33. The summed E-state index contributed by atoms with van der Waals surface area (Å²) in [7, 11) is 1.64. The van der Waals surface area contributed by atoms with Crippen LogP contribution in [0.1, 0.15) is 33.6 Å². The molecule has 2 atom stereocenters. The van der Waals surface area contributed by atoms with Crippen molar-refractivity contribution in [2.75, 3.05) is 7.11 Å². The van der Waals surface area contributed by atoms with Crippen LogP contribution in [0.5, 0.6) is 0 Å². The second-order valence-corrected chi connectivity index (χ2v) is 4.65. The van der Waals surface area contributed by atoms with E-state index in [0.717, 1.165) is 12.8 Å². The van der Waals surface area contributed by atoms with Gasteiger partial charge in [0.1, 0.15) is 0 Å². The third-order valence-corrected chi connectivity index (χ3v) is 2.95. The molecule has 0 aromatic heterocycles. The van der Waals surface area contributed by atoms with Gasteiger partial charge in [-0.2, -0.15) is 5.26 Å². The molecule has 12 heavy (non-hydrogen) atoms. The second-order valence-electron chi connectivity index (χ2n) is 4.65. The minimum absolute atomic E-state index is 0.255. The van der Waals surface area contributed by atoms with Crippen LogP contribution >= 0.6 is 0 Å². The number of methoxy groups -OCH3 is 1. The molecule has 0 aromatic rings. The molecule has 0 amide bonds. The average Bonchev–Trinajstić information content (AvgIpc) is 2.21. The zero-order valence-corrected chi connectivity index (χ0v) is 8.35. The molecule has 1 rings (SSSR count). The van der Waals surface area contributed by atoms with E-state index in [1.165, 1.54) is 0 Å². The van der Waals surface area contributed by atoms with E-state index < -0.39 is 5.60 Å². The van der Waals surface area contributed by atoms with Gasteiger partial charge < -0.3 is 4.74 Å². The molecule has 0 saturated heterocycles. The van der Waals surface area contributed by atoms with Crippen LogP contribution < -0.4 is 0 Å². The zero-order chi connectivity index (χ0) is 9.41. The first-order chi connectivity index (χ1) is 5.46. The van der Waals surface area contributed by atoms with Gasteiger partial charge in [-0.1, -0.05) is 20.8 Å². The van der Waals surface area contributed by atoms with E-state index in [4.69, 9.17) is 10.00 Å². The lowest BCUT2D eigenvalue weighted by atomic mass is 9.89. The number of hydrogen-bond donors (Lipinski definition) is 0. The molecule has 0 bridgehead atoms. The topological polar surface area (TPSA) is 33.0 Å². The van der Waals surface area contributed by atoms with E-state index in [9.17, 15) is 0 Å². The van der Waals surface area contributed by atoms with Crippen molar-refractivity contribution < 1.29 is 4.74 Å². The predicted molar refractivity (Wildman–Crippen MR) is 47.5 cm³/mol. The Balaban J connectivity index is 2.88. The van der Waals surface area contributed by atoms with Crippen molar-refractivity contribution in [3.63, 3.8) is 0 Å². The van der Waals surface area contributed by atoms with E-state index in [2.05, 4.69) is 26.8 Å². The molecule has 1 aliphatic rings. The Hall–Kier alpha value is -0.550. The van der Waals surface area contributed by atoms with Gasteiger partial charge in [0.05, 0.1) is 6.07 Å². The highest BCUT2D eigenvalue weighted by Gasteiger charge is 2.49. The van der Waals surface area contributed by atoms with Gasteiger partial charge in [0.15, 0.2) is 5.60 Å². The molecule has 1 fully saturated rings. The van der Waals surface area contributed by atoms with E-state index in [-0.39, 0.29) is 5.41 Å². The third-order valence-electron chi connectivity index (χ3n) is 2.95. The molecule has 2 nitrogen and oxygen atoms in total. The van der Waals surface area contributed by atoms with Crippen LogP contribution in [0, 0.1) is 22.7 Å². The highest BCUT2D eigenvalue weighted by molar-refractivity contribution is 5.12. The van der Waals surface area contributed by atoms with Crippen LogP contribution in [0.25, 0.3) is 0 Å². The first-order valence-electron chi connectivity index (χ1n) is 4.42. The maximum absolute atomic E-state index is 9.04. The second kappa shape index (κ2) is 2.74. The monoisotopic (exact) mass is 167 g/mol. The Morgan fingerprint density at radius 1 is 1.50 bits per heavy atom. The number of ether oxygens (including phenoxy) is 1. The number of nitrogens with zero attached hydrogens (tertiary/aromatic N) is 1. The molecule has 2 heteroatoms. The van der Waals surface area contributed by atoms with Gasteiger partial charge in [0.25, 0.3) is 0 Å². The summed E-state index contributed by atoms with van der Waals surface area (Å²) in [6.45, 7) is 6.49. The van der Waals surface area contributed by atoms with Crippen LogP contribution in [0.3, 0.4) is 0 Å². The summed E-state index contributed by atoms with van der Waals surface area (Å²) in [5, 5.41) is 9.04. The Bertz CT molecular complexity index is 216. The zero-order valence-electron chi connectivity index (χ0n) is 8.35. The summed E-state index contributed by atoms with van der Waals surface area (Å²) in [4.78, 5) is 0. The fourth-order valence-corrected chi connectivity index (χ4v) is 2.42. The maximum Gasteiger partial charge on any atom is 0.156 e. The predicted octanol–water partition coefficient (Wildman–Crippen LogP) is 2.35. The molecule has 0 N–H and O–H groups in total. The summed E-state index contributed by atoms with van der Waals surface area (Å²) in [6, 6.07) is 2.31.